The summed E-state index contributed by atoms with van der Waals surface area (Å²) < 4.78 is 42.7. The van der Waals surface area contributed by atoms with Crippen LogP contribution < -0.4 is 10.5 Å². The van der Waals surface area contributed by atoms with Gasteiger partial charge in [-0.05, 0) is 0 Å². The molecule has 0 spiro atoms. The Morgan fingerprint density at radius 3 is 0.864 bits per heavy atom. The van der Waals surface area contributed by atoms with Crippen molar-refractivity contribution in [3.63, 3.8) is 0 Å². The van der Waals surface area contributed by atoms with E-state index < -0.39 is 20.2 Å². The van der Waals surface area contributed by atoms with Crippen molar-refractivity contribution >= 4 is 30.7 Å². The number of rotatable bonds is 3. The quantitative estimate of drug-likeness (QED) is 0.586. The summed E-state index contributed by atoms with van der Waals surface area (Å²) in [6, 6.07) is 19.2. The summed E-state index contributed by atoms with van der Waals surface area (Å²) >= 11 is -2.40. The van der Waals surface area contributed by atoms with Gasteiger partial charge >= 0.3 is 134 Å². The molecule has 0 nitrogen and oxygen atoms in total. The summed E-state index contributed by atoms with van der Waals surface area (Å²) in [5.41, 5.74) is 0. The number of benzene rings is 3. The molecular formula is C18H12F3Sb. The Hall–Kier alpha value is -1.73. The molecule has 0 saturated heterocycles. The third-order valence-electron chi connectivity index (χ3n) is 3.25. The summed E-state index contributed by atoms with van der Waals surface area (Å²) in [4.78, 5) is 0. The van der Waals surface area contributed by atoms with Gasteiger partial charge in [0.2, 0.25) is 0 Å². The van der Waals surface area contributed by atoms with Crippen molar-refractivity contribution in [3.8, 4) is 0 Å². The zero-order valence-electron chi connectivity index (χ0n) is 11.5. The van der Waals surface area contributed by atoms with Crippen LogP contribution in [0.5, 0.6) is 0 Å². The molecule has 0 fully saturated rings. The van der Waals surface area contributed by atoms with Crippen LogP contribution in [0.3, 0.4) is 0 Å². The topological polar surface area (TPSA) is 0 Å². The van der Waals surface area contributed by atoms with Crippen LogP contribution in [0.4, 0.5) is 13.2 Å². The first-order valence-electron chi connectivity index (χ1n) is 6.70. The van der Waals surface area contributed by atoms with Gasteiger partial charge in [0.1, 0.15) is 0 Å². The van der Waals surface area contributed by atoms with Crippen molar-refractivity contribution in [2.45, 2.75) is 0 Å². The molecule has 3 aromatic carbocycles. The van der Waals surface area contributed by atoms with Crippen LogP contribution in [0.1, 0.15) is 0 Å². The minimum atomic E-state index is -2.40. The molecule has 0 radical (unpaired) electrons. The maximum atomic E-state index is 13.2. The molecule has 0 amide bonds. The summed E-state index contributed by atoms with van der Waals surface area (Å²) in [5.74, 6) is -0.868. The first kappa shape index (κ1) is 15.2. The average molecular weight is 407 g/mol. The summed E-state index contributed by atoms with van der Waals surface area (Å²) in [6.45, 7) is 0. The first-order valence-corrected chi connectivity index (χ1v) is 10.5. The van der Waals surface area contributed by atoms with Gasteiger partial charge in [-0.15, -0.1) is 0 Å². The van der Waals surface area contributed by atoms with Crippen molar-refractivity contribution < 1.29 is 13.2 Å². The molecule has 3 rings (SSSR count). The van der Waals surface area contributed by atoms with E-state index in [1.807, 2.05) is 0 Å². The van der Waals surface area contributed by atoms with E-state index in [1.165, 1.54) is 36.4 Å². The summed E-state index contributed by atoms with van der Waals surface area (Å²) in [7, 11) is 0. The molecule has 0 heterocycles. The Kier molecular flexibility index (Phi) is 4.54. The predicted octanol–water partition coefficient (Wildman–Crippen LogP) is 2.62. The van der Waals surface area contributed by atoms with E-state index in [4.69, 9.17) is 0 Å². The van der Waals surface area contributed by atoms with E-state index >= 15 is 0 Å². The molecule has 0 aliphatic heterocycles. The Balaban J connectivity index is 2.10. The standard InChI is InChI=1S/3C6H4F.Sb/c3*7-6-4-2-1-3-5-6;/h3*2-5H;. The Bertz CT molecular complexity index is 642. The van der Waals surface area contributed by atoms with Crippen molar-refractivity contribution in [3.05, 3.63) is 90.2 Å². The van der Waals surface area contributed by atoms with E-state index in [9.17, 15) is 13.2 Å². The summed E-state index contributed by atoms with van der Waals surface area (Å²) in [5, 5.41) is 0. The molecule has 110 valence electrons. The third kappa shape index (κ3) is 3.36. The first-order chi connectivity index (χ1) is 10.6. The fourth-order valence-electron chi connectivity index (χ4n) is 2.22. The molecule has 0 N–H and O–H groups in total. The van der Waals surface area contributed by atoms with Crippen LogP contribution in [0, 0.1) is 17.5 Å². The van der Waals surface area contributed by atoms with Gasteiger partial charge in [-0.25, -0.2) is 0 Å². The van der Waals surface area contributed by atoms with Crippen LogP contribution in [0.25, 0.3) is 0 Å². The van der Waals surface area contributed by atoms with Gasteiger partial charge < -0.3 is 0 Å². The van der Waals surface area contributed by atoms with Crippen LogP contribution in [-0.4, -0.2) is 20.2 Å². The number of hydrogen-bond acceptors (Lipinski definition) is 0. The zero-order chi connectivity index (χ0) is 15.5. The van der Waals surface area contributed by atoms with Crippen LogP contribution in [-0.2, 0) is 0 Å². The van der Waals surface area contributed by atoms with Crippen molar-refractivity contribution in [2.24, 2.45) is 0 Å². The van der Waals surface area contributed by atoms with Crippen molar-refractivity contribution in [2.75, 3.05) is 0 Å². The van der Waals surface area contributed by atoms with Gasteiger partial charge in [-0.2, -0.15) is 0 Å². The molecule has 0 saturated carbocycles. The molecule has 4 heteroatoms. The molecule has 0 aliphatic rings. The van der Waals surface area contributed by atoms with Gasteiger partial charge in [0.15, 0.2) is 0 Å². The Labute approximate surface area is 134 Å². The molecule has 0 bridgehead atoms. The Morgan fingerprint density at radius 1 is 0.409 bits per heavy atom. The van der Waals surface area contributed by atoms with Crippen molar-refractivity contribution in [1.82, 2.24) is 0 Å². The van der Waals surface area contributed by atoms with Gasteiger partial charge in [-0.1, -0.05) is 0 Å². The van der Waals surface area contributed by atoms with E-state index in [1.54, 1.807) is 36.4 Å². The predicted molar refractivity (Wildman–Crippen MR) is 83.9 cm³/mol. The normalized spacial score (nSPS) is 10.9. The monoisotopic (exact) mass is 406 g/mol. The van der Waals surface area contributed by atoms with Gasteiger partial charge in [-0.3, -0.25) is 0 Å². The average Bonchev–Trinajstić information content (AvgIpc) is 2.53. The van der Waals surface area contributed by atoms with E-state index in [-0.39, 0.29) is 17.5 Å². The van der Waals surface area contributed by atoms with Crippen LogP contribution in [0.2, 0.25) is 0 Å². The maximum absolute atomic E-state index is 13.2. The number of halogens is 3. The SMILES string of the molecule is Fc1cc[c]([Sb]([c]2ccc(F)cc2)[c]2ccc(F)cc2)cc1. The molecule has 22 heavy (non-hydrogen) atoms. The van der Waals surface area contributed by atoms with Gasteiger partial charge in [0.05, 0.1) is 0 Å². The van der Waals surface area contributed by atoms with E-state index in [2.05, 4.69) is 0 Å². The van der Waals surface area contributed by atoms with Gasteiger partial charge in [0, 0.05) is 0 Å². The molecule has 0 atom stereocenters. The molecule has 0 aliphatic carbocycles. The number of hydrogen-bond donors (Lipinski definition) is 0. The molecule has 3 aromatic rings. The fraction of sp³-hybridized carbons (Fsp3) is 0. The Morgan fingerprint density at radius 2 is 0.636 bits per heavy atom. The van der Waals surface area contributed by atoms with Gasteiger partial charge in [0.25, 0.3) is 0 Å². The second-order valence-corrected chi connectivity index (χ2v) is 11.1. The van der Waals surface area contributed by atoms with Crippen LogP contribution >= 0.6 is 0 Å². The second-order valence-electron chi connectivity index (χ2n) is 4.76. The van der Waals surface area contributed by atoms with Crippen LogP contribution in [0.15, 0.2) is 72.8 Å². The molecular weight excluding hydrogens is 395 g/mol. The second kappa shape index (κ2) is 6.58. The third-order valence-corrected chi connectivity index (χ3v) is 10.2. The zero-order valence-corrected chi connectivity index (χ0v) is 14.1. The fourth-order valence-corrected chi connectivity index (χ4v) is 8.60. The minimum absolute atomic E-state index is 0.289. The van der Waals surface area contributed by atoms with Crippen molar-refractivity contribution in [1.29, 1.82) is 0 Å². The van der Waals surface area contributed by atoms with E-state index in [0.29, 0.717) is 0 Å². The summed E-state index contributed by atoms with van der Waals surface area (Å²) in [6.07, 6.45) is 0. The molecule has 0 aromatic heterocycles. The molecule has 0 unspecified atom stereocenters. The van der Waals surface area contributed by atoms with E-state index in [0.717, 1.165) is 10.5 Å².